The summed E-state index contributed by atoms with van der Waals surface area (Å²) >= 11 is 0. The number of nitrogens with one attached hydrogen (secondary N) is 1. The van der Waals surface area contributed by atoms with E-state index in [9.17, 15) is 9.59 Å². The van der Waals surface area contributed by atoms with Gasteiger partial charge in [-0.25, -0.2) is 0 Å². The number of piperidine rings is 1. The Morgan fingerprint density at radius 1 is 1.25 bits per heavy atom. The van der Waals surface area contributed by atoms with Crippen molar-refractivity contribution in [1.82, 2.24) is 5.32 Å². The summed E-state index contributed by atoms with van der Waals surface area (Å²) in [5.41, 5.74) is 2.67. The van der Waals surface area contributed by atoms with Crippen molar-refractivity contribution in [3.05, 3.63) is 59.7 Å². The molecule has 0 aromatic heterocycles. The lowest BCUT2D eigenvalue weighted by atomic mass is 9.82. The van der Waals surface area contributed by atoms with Gasteiger partial charge in [0.05, 0.1) is 25.6 Å². The molecule has 2 atom stereocenters. The highest BCUT2D eigenvalue weighted by atomic mass is 16.5. The largest absolute Gasteiger partial charge is 0.496 e. The van der Waals surface area contributed by atoms with Gasteiger partial charge < -0.3 is 15.0 Å². The minimum Gasteiger partial charge on any atom is -0.496 e. The van der Waals surface area contributed by atoms with Crippen molar-refractivity contribution in [2.45, 2.75) is 25.8 Å². The number of methoxy groups -OCH3 is 1. The monoisotopic (exact) mass is 376 g/mol. The molecule has 5 nitrogen and oxygen atoms in total. The first-order valence-electron chi connectivity index (χ1n) is 9.29. The van der Waals surface area contributed by atoms with E-state index >= 15 is 0 Å². The van der Waals surface area contributed by atoms with Gasteiger partial charge in [-0.1, -0.05) is 41.8 Å². The first-order chi connectivity index (χ1) is 13.6. The summed E-state index contributed by atoms with van der Waals surface area (Å²) in [6, 6.07) is 14.8. The number of para-hydroxylation sites is 1. The van der Waals surface area contributed by atoms with Gasteiger partial charge in [-0.3, -0.25) is 9.59 Å². The molecule has 0 aliphatic carbocycles. The van der Waals surface area contributed by atoms with Crippen LogP contribution in [0.3, 0.4) is 0 Å². The van der Waals surface area contributed by atoms with Crippen molar-refractivity contribution >= 4 is 17.5 Å². The van der Waals surface area contributed by atoms with Crippen molar-refractivity contribution < 1.29 is 14.3 Å². The average Bonchev–Trinajstić information content (AvgIpc) is 2.72. The number of rotatable bonds is 5. The Labute approximate surface area is 165 Å². The lowest BCUT2D eigenvalue weighted by Gasteiger charge is -2.41. The predicted molar refractivity (Wildman–Crippen MR) is 109 cm³/mol. The summed E-state index contributed by atoms with van der Waals surface area (Å²) < 4.78 is 5.54. The topological polar surface area (TPSA) is 58.6 Å². The fraction of sp³-hybridized carbons (Fsp3) is 0.304. The molecule has 0 spiro atoms. The van der Waals surface area contributed by atoms with Gasteiger partial charge in [0.15, 0.2) is 0 Å². The molecule has 1 aliphatic heterocycles. The third kappa shape index (κ3) is 3.86. The second-order valence-electron chi connectivity index (χ2n) is 6.85. The Hall–Kier alpha value is -3.26. The number of carbonyl (C=O) groups is 2. The standard InChI is InChI=1S/C23H24N2O3/c1-4-15-24-23(27)19-13-14-21(26)25(17-11-9-16(2)10-12-17)22(19)18-7-5-6-8-20(18)28-3/h1,5-12,19,22H,13-15H2,2-3H3,(H,24,27)/t19-,22-/m1/s1. The number of hydrogen-bond donors (Lipinski definition) is 1. The maximum absolute atomic E-state index is 13.0. The van der Waals surface area contributed by atoms with Crippen LogP contribution in [0.1, 0.15) is 30.0 Å². The zero-order chi connectivity index (χ0) is 20.1. The van der Waals surface area contributed by atoms with Crippen LogP contribution < -0.4 is 15.0 Å². The predicted octanol–water partition coefficient (Wildman–Crippen LogP) is 3.24. The molecule has 1 fully saturated rings. The smallest absolute Gasteiger partial charge is 0.227 e. The van der Waals surface area contributed by atoms with Gasteiger partial charge in [0, 0.05) is 17.7 Å². The molecule has 0 radical (unpaired) electrons. The summed E-state index contributed by atoms with van der Waals surface area (Å²) in [7, 11) is 1.59. The molecule has 1 heterocycles. The second kappa shape index (κ2) is 8.62. The number of carbonyl (C=O) groups excluding carboxylic acids is 2. The number of aryl methyl sites for hydroxylation is 1. The van der Waals surface area contributed by atoms with E-state index in [2.05, 4.69) is 11.2 Å². The van der Waals surface area contributed by atoms with E-state index in [4.69, 9.17) is 11.2 Å². The molecule has 0 bridgehead atoms. The van der Waals surface area contributed by atoms with E-state index in [1.54, 1.807) is 12.0 Å². The first kappa shape index (κ1) is 19.5. The van der Waals surface area contributed by atoms with Gasteiger partial charge in [-0.05, 0) is 31.5 Å². The summed E-state index contributed by atoms with van der Waals surface area (Å²) in [6.45, 7) is 2.15. The maximum atomic E-state index is 13.0. The summed E-state index contributed by atoms with van der Waals surface area (Å²) in [5.74, 6) is 2.49. The number of anilines is 1. The molecule has 2 aromatic rings. The molecule has 5 heteroatoms. The Morgan fingerprint density at radius 2 is 1.96 bits per heavy atom. The molecule has 144 valence electrons. The maximum Gasteiger partial charge on any atom is 0.227 e. The third-order valence-corrected chi connectivity index (χ3v) is 5.07. The number of terminal acetylenes is 1. The average molecular weight is 376 g/mol. The Balaban J connectivity index is 2.11. The van der Waals surface area contributed by atoms with Gasteiger partial charge in [0.25, 0.3) is 0 Å². The molecule has 1 N–H and O–H groups in total. The highest BCUT2D eigenvalue weighted by Crippen LogP contribution is 2.43. The molecule has 28 heavy (non-hydrogen) atoms. The number of benzene rings is 2. The number of nitrogens with zero attached hydrogens (tertiary/aromatic N) is 1. The van der Waals surface area contributed by atoms with E-state index < -0.39 is 12.0 Å². The zero-order valence-corrected chi connectivity index (χ0v) is 16.1. The minimum absolute atomic E-state index is 0.0132. The van der Waals surface area contributed by atoms with Crippen molar-refractivity contribution in [3.63, 3.8) is 0 Å². The SMILES string of the molecule is C#CCNC(=O)[C@@H]1CCC(=O)N(c2ccc(C)cc2)[C@@H]1c1ccccc1OC. The highest BCUT2D eigenvalue weighted by Gasteiger charge is 2.42. The van der Waals surface area contributed by atoms with E-state index in [1.807, 2.05) is 55.5 Å². The lowest BCUT2D eigenvalue weighted by Crippen LogP contribution is -2.48. The van der Waals surface area contributed by atoms with Crippen LogP contribution in [-0.4, -0.2) is 25.5 Å². The molecule has 3 rings (SSSR count). The molecule has 0 unspecified atom stereocenters. The molecule has 1 saturated heterocycles. The van der Waals surface area contributed by atoms with Crippen molar-refractivity contribution in [1.29, 1.82) is 0 Å². The molecule has 2 aromatic carbocycles. The quantitative estimate of drug-likeness (QED) is 0.815. The lowest BCUT2D eigenvalue weighted by molar-refractivity contribution is -0.129. The van der Waals surface area contributed by atoms with E-state index in [0.717, 1.165) is 16.8 Å². The minimum atomic E-state index is -0.474. The van der Waals surface area contributed by atoms with Gasteiger partial charge >= 0.3 is 0 Å². The van der Waals surface area contributed by atoms with Gasteiger partial charge in [0.1, 0.15) is 5.75 Å². The second-order valence-corrected chi connectivity index (χ2v) is 6.85. The Kier molecular flexibility index (Phi) is 6.00. The highest BCUT2D eigenvalue weighted by molar-refractivity contribution is 5.97. The molecule has 2 amide bonds. The van der Waals surface area contributed by atoms with Gasteiger partial charge in [-0.2, -0.15) is 0 Å². The summed E-state index contributed by atoms with van der Waals surface area (Å²) in [6.07, 6.45) is 6.06. The van der Waals surface area contributed by atoms with E-state index in [0.29, 0.717) is 18.6 Å². The first-order valence-corrected chi connectivity index (χ1v) is 9.29. The number of amides is 2. The van der Waals surface area contributed by atoms with Crippen LogP contribution in [0.2, 0.25) is 0 Å². The molecular weight excluding hydrogens is 352 g/mol. The van der Waals surface area contributed by atoms with Crippen LogP contribution in [0.25, 0.3) is 0 Å². The van der Waals surface area contributed by atoms with Crippen LogP contribution in [0.5, 0.6) is 5.75 Å². The normalized spacial score (nSPS) is 19.0. The van der Waals surface area contributed by atoms with Crippen molar-refractivity contribution in [3.8, 4) is 18.1 Å². The fourth-order valence-electron chi connectivity index (χ4n) is 3.71. The van der Waals surface area contributed by atoms with Crippen molar-refractivity contribution in [2.24, 2.45) is 5.92 Å². The van der Waals surface area contributed by atoms with Crippen LogP contribution >= 0.6 is 0 Å². The van der Waals surface area contributed by atoms with Crippen molar-refractivity contribution in [2.75, 3.05) is 18.6 Å². The van der Waals surface area contributed by atoms with Gasteiger partial charge in [-0.15, -0.1) is 6.42 Å². The Morgan fingerprint density at radius 3 is 2.64 bits per heavy atom. The zero-order valence-electron chi connectivity index (χ0n) is 16.1. The van der Waals surface area contributed by atoms with Crippen LogP contribution in [-0.2, 0) is 9.59 Å². The van der Waals surface area contributed by atoms with Crippen LogP contribution in [0, 0.1) is 25.2 Å². The molecule has 0 saturated carbocycles. The summed E-state index contributed by atoms with van der Waals surface area (Å²) in [4.78, 5) is 27.6. The number of hydrogen-bond acceptors (Lipinski definition) is 3. The number of ether oxygens (including phenoxy) is 1. The third-order valence-electron chi connectivity index (χ3n) is 5.07. The van der Waals surface area contributed by atoms with Crippen LogP contribution in [0.15, 0.2) is 48.5 Å². The Bertz CT molecular complexity index is 899. The van der Waals surface area contributed by atoms with E-state index in [1.165, 1.54) is 0 Å². The van der Waals surface area contributed by atoms with Crippen LogP contribution in [0.4, 0.5) is 5.69 Å². The van der Waals surface area contributed by atoms with E-state index in [-0.39, 0.29) is 18.4 Å². The molecular formula is C23H24N2O3. The fourth-order valence-corrected chi connectivity index (χ4v) is 3.71. The molecule has 1 aliphatic rings. The summed E-state index contributed by atoms with van der Waals surface area (Å²) in [5, 5.41) is 2.78. The van der Waals surface area contributed by atoms with Gasteiger partial charge in [0.2, 0.25) is 11.8 Å².